The topological polar surface area (TPSA) is 119 Å². The zero-order valence-electron chi connectivity index (χ0n) is 9.54. The Balaban J connectivity index is 2.71. The van der Waals surface area contributed by atoms with E-state index in [9.17, 15) is 9.59 Å². The third-order valence-corrected chi connectivity index (χ3v) is 3.17. The summed E-state index contributed by atoms with van der Waals surface area (Å²) in [4.78, 5) is 26.0. The summed E-state index contributed by atoms with van der Waals surface area (Å²) in [7, 11) is 0. The summed E-state index contributed by atoms with van der Waals surface area (Å²) in [5.41, 5.74) is 11.5. The third-order valence-electron chi connectivity index (χ3n) is 2.53. The van der Waals surface area contributed by atoms with Gasteiger partial charge in [0.15, 0.2) is 0 Å². The second-order valence-corrected chi connectivity index (χ2v) is 5.08. The van der Waals surface area contributed by atoms with Gasteiger partial charge in [-0.05, 0) is 47.1 Å². The second-order valence-electron chi connectivity index (χ2n) is 3.97. The van der Waals surface area contributed by atoms with Crippen LogP contribution in [0.1, 0.15) is 12.0 Å². The van der Waals surface area contributed by atoms with Crippen LogP contribution in [0.4, 0.5) is 0 Å². The van der Waals surface area contributed by atoms with Crippen LogP contribution in [0.3, 0.4) is 0 Å². The van der Waals surface area contributed by atoms with Gasteiger partial charge in [0.2, 0.25) is 5.91 Å². The third kappa shape index (κ3) is 4.57. The van der Waals surface area contributed by atoms with E-state index in [-0.39, 0.29) is 6.42 Å². The van der Waals surface area contributed by atoms with Gasteiger partial charge >= 0.3 is 5.97 Å². The Hall–Kier alpha value is -1.22. The van der Waals surface area contributed by atoms with E-state index in [1.807, 2.05) is 12.1 Å². The molecular weight excluding hydrogens is 349 g/mol. The summed E-state index contributed by atoms with van der Waals surface area (Å²) in [5.74, 6) is -2.29. The summed E-state index contributed by atoms with van der Waals surface area (Å²) >= 11 is 2.07. The van der Waals surface area contributed by atoms with E-state index in [2.05, 4.69) is 27.6 Å². The smallest absolute Gasteiger partial charge is 0.320 e. The van der Waals surface area contributed by atoms with Crippen LogP contribution in [0, 0.1) is 9.62 Å². The molecule has 5 N–H and O–H groups in total. The van der Waals surface area contributed by atoms with Crippen LogP contribution in [0.25, 0.3) is 0 Å². The van der Waals surface area contributed by atoms with Crippen LogP contribution in [0.15, 0.2) is 18.3 Å². The van der Waals surface area contributed by atoms with Crippen molar-refractivity contribution in [2.24, 2.45) is 17.4 Å². The zero-order valence-corrected chi connectivity index (χ0v) is 11.7. The molecular formula is C11H14IN3O3. The van der Waals surface area contributed by atoms with E-state index < -0.39 is 23.8 Å². The van der Waals surface area contributed by atoms with Gasteiger partial charge in [0.05, 0.1) is 0 Å². The Kier molecular flexibility index (Phi) is 5.48. The van der Waals surface area contributed by atoms with Gasteiger partial charge in [0, 0.05) is 12.1 Å². The number of carboxylic acids is 1. The fourth-order valence-corrected chi connectivity index (χ4v) is 1.84. The molecule has 0 saturated carbocycles. The summed E-state index contributed by atoms with van der Waals surface area (Å²) in [6.45, 7) is 0. The number of hydrogen-bond acceptors (Lipinski definition) is 4. The predicted octanol–water partition coefficient (Wildman–Crippen LogP) is 0.132. The minimum absolute atomic E-state index is 0.0245. The maximum atomic E-state index is 11.3. The van der Waals surface area contributed by atoms with Crippen LogP contribution in [-0.4, -0.2) is 28.0 Å². The van der Waals surface area contributed by atoms with Gasteiger partial charge in [-0.15, -0.1) is 0 Å². The van der Waals surface area contributed by atoms with E-state index in [4.69, 9.17) is 16.6 Å². The normalized spacial score (nSPS) is 13.9. The first-order valence-corrected chi connectivity index (χ1v) is 6.36. The van der Waals surface area contributed by atoms with Crippen molar-refractivity contribution >= 4 is 34.5 Å². The molecule has 1 rings (SSSR count). The molecule has 1 amide bonds. The van der Waals surface area contributed by atoms with Crippen LogP contribution in [-0.2, 0) is 16.0 Å². The lowest BCUT2D eigenvalue weighted by Gasteiger charge is -2.15. The van der Waals surface area contributed by atoms with Crippen molar-refractivity contribution in [3.63, 3.8) is 0 Å². The van der Waals surface area contributed by atoms with Gasteiger partial charge in [-0.1, -0.05) is 6.07 Å². The van der Waals surface area contributed by atoms with Gasteiger partial charge < -0.3 is 16.6 Å². The average molecular weight is 363 g/mol. The van der Waals surface area contributed by atoms with E-state index in [0.29, 0.717) is 6.42 Å². The van der Waals surface area contributed by atoms with E-state index in [0.717, 1.165) is 9.26 Å². The minimum Gasteiger partial charge on any atom is -0.480 e. The molecule has 0 aliphatic heterocycles. The highest BCUT2D eigenvalue weighted by atomic mass is 127. The highest BCUT2D eigenvalue weighted by Crippen LogP contribution is 2.14. The molecule has 18 heavy (non-hydrogen) atoms. The SMILES string of the molecule is NC(=O)[C@@H](Cc1ccc(I)nc1)C[C@H](N)C(=O)O. The van der Waals surface area contributed by atoms with E-state index in [1.165, 1.54) is 0 Å². The number of pyridine rings is 1. The van der Waals surface area contributed by atoms with Gasteiger partial charge in [-0.3, -0.25) is 14.6 Å². The number of carboxylic acid groups (broad SMARTS) is 1. The van der Waals surface area contributed by atoms with Crippen molar-refractivity contribution in [2.45, 2.75) is 18.9 Å². The summed E-state index contributed by atoms with van der Waals surface area (Å²) in [6.07, 6.45) is 2.01. The van der Waals surface area contributed by atoms with Crippen molar-refractivity contribution in [1.29, 1.82) is 0 Å². The van der Waals surface area contributed by atoms with E-state index in [1.54, 1.807) is 6.20 Å². The first kappa shape index (κ1) is 14.8. The molecule has 0 radical (unpaired) electrons. The molecule has 7 heteroatoms. The number of halogens is 1. The Morgan fingerprint density at radius 1 is 1.44 bits per heavy atom. The first-order chi connectivity index (χ1) is 8.40. The highest BCUT2D eigenvalue weighted by Gasteiger charge is 2.23. The molecule has 0 bridgehead atoms. The van der Waals surface area contributed by atoms with Crippen LogP contribution in [0.5, 0.6) is 0 Å². The van der Waals surface area contributed by atoms with Gasteiger partial charge in [0.1, 0.15) is 9.74 Å². The van der Waals surface area contributed by atoms with Crippen molar-refractivity contribution < 1.29 is 14.7 Å². The minimum atomic E-state index is -1.14. The molecule has 1 aromatic rings. The van der Waals surface area contributed by atoms with E-state index >= 15 is 0 Å². The molecule has 0 aliphatic rings. The Morgan fingerprint density at radius 2 is 2.11 bits per heavy atom. The predicted molar refractivity (Wildman–Crippen MR) is 73.6 cm³/mol. The molecule has 0 unspecified atom stereocenters. The van der Waals surface area contributed by atoms with Crippen molar-refractivity contribution in [3.8, 4) is 0 Å². The van der Waals surface area contributed by atoms with Crippen molar-refractivity contribution in [1.82, 2.24) is 4.98 Å². The number of nitrogens with two attached hydrogens (primary N) is 2. The lowest BCUT2D eigenvalue weighted by atomic mass is 9.93. The number of nitrogens with zero attached hydrogens (tertiary/aromatic N) is 1. The summed E-state index contributed by atoms with van der Waals surface area (Å²) < 4.78 is 0.842. The maximum Gasteiger partial charge on any atom is 0.320 e. The first-order valence-electron chi connectivity index (χ1n) is 5.28. The van der Waals surface area contributed by atoms with Gasteiger partial charge in [0.25, 0.3) is 0 Å². The summed E-state index contributed by atoms with van der Waals surface area (Å²) in [5, 5.41) is 8.72. The number of aliphatic carboxylic acids is 1. The Bertz CT molecular complexity index is 436. The molecule has 0 saturated heterocycles. The number of carbonyl (C=O) groups excluding carboxylic acids is 1. The number of carbonyl (C=O) groups is 2. The molecule has 98 valence electrons. The standard InChI is InChI=1S/C11H14IN3O3/c12-9-2-1-6(5-15-9)3-7(10(14)16)4-8(13)11(17)18/h1-2,5,7-8H,3-4,13H2,(H2,14,16)(H,17,18)/t7-,8-/m0/s1. The number of rotatable bonds is 6. The van der Waals surface area contributed by atoms with Crippen LogP contribution in [0.2, 0.25) is 0 Å². The molecule has 1 aromatic heterocycles. The second kappa shape index (κ2) is 6.64. The van der Waals surface area contributed by atoms with Crippen LogP contribution < -0.4 is 11.5 Å². The molecule has 0 aromatic carbocycles. The maximum absolute atomic E-state index is 11.3. The Morgan fingerprint density at radius 3 is 2.56 bits per heavy atom. The number of amides is 1. The van der Waals surface area contributed by atoms with Gasteiger partial charge in [-0.25, -0.2) is 0 Å². The molecule has 0 fully saturated rings. The molecule has 0 spiro atoms. The fourth-order valence-electron chi connectivity index (χ4n) is 1.52. The largest absolute Gasteiger partial charge is 0.480 e. The molecule has 1 heterocycles. The molecule has 0 aliphatic carbocycles. The monoisotopic (exact) mass is 363 g/mol. The molecule has 2 atom stereocenters. The molecule has 6 nitrogen and oxygen atoms in total. The average Bonchev–Trinajstić information content (AvgIpc) is 2.30. The van der Waals surface area contributed by atoms with Gasteiger partial charge in [-0.2, -0.15) is 0 Å². The van der Waals surface area contributed by atoms with Crippen molar-refractivity contribution in [3.05, 3.63) is 27.6 Å². The highest BCUT2D eigenvalue weighted by molar-refractivity contribution is 14.1. The quantitative estimate of drug-likeness (QED) is 0.490. The number of aromatic nitrogens is 1. The fraction of sp³-hybridized carbons (Fsp3) is 0.364. The summed E-state index contributed by atoms with van der Waals surface area (Å²) in [6, 6.07) is 2.56. The lowest BCUT2D eigenvalue weighted by molar-refractivity contribution is -0.139. The van der Waals surface area contributed by atoms with Crippen molar-refractivity contribution in [2.75, 3.05) is 0 Å². The zero-order chi connectivity index (χ0) is 13.7. The number of hydrogen-bond donors (Lipinski definition) is 3. The lowest BCUT2D eigenvalue weighted by Crippen LogP contribution is -2.37. The number of primary amides is 1. The Labute approximate surface area is 118 Å². The van der Waals surface area contributed by atoms with Crippen LogP contribution >= 0.6 is 22.6 Å².